The van der Waals surface area contributed by atoms with E-state index in [1.54, 1.807) is 30.5 Å². The van der Waals surface area contributed by atoms with Crippen molar-refractivity contribution in [2.75, 3.05) is 26.1 Å². The van der Waals surface area contributed by atoms with Crippen LogP contribution in [0.25, 0.3) is 17.0 Å². The molecule has 0 unspecified atom stereocenters. The molecule has 0 atom stereocenters. The highest BCUT2D eigenvalue weighted by Crippen LogP contribution is 2.37. The predicted octanol–water partition coefficient (Wildman–Crippen LogP) is 2.57. The summed E-state index contributed by atoms with van der Waals surface area (Å²) >= 11 is 0. The van der Waals surface area contributed by atoms with E-state index in [1.165, 1.54) is 39.5 Å². The molecule has 0 aliphatic heterocycles. The molecule has 1 heterocycles. The van der Waals surface area contributed by atoms with Gasteiger partial charge in [0.05, 0.1) is 38.7 Å². The number of H-pyrrole nitrogens is 1. The highest BCUT2D eigenvalue weighted by Gasteiger charge is 2.24. The van der Waals surface area contributed by atoms with Crippen molar-refractivity contribution < 1.29 is 27.4 Å². The summed E-state index contributed by atoms with van der Waals surface area (Å²) in [6, 6.07) is 8.05. The molecule has 0 bridgehead atoms. The maximum atomic E-state index is 13.2. The Hall–Kier alpha value is -3.53. The molecular formula is C19H19N3O6S. The number of carbonyl (C=O) groups is 1. The van der Waals surface area contributed by atoms with Crippen LogP contribution in [0.15, 0.2) is 47.5 Å². The van der Waals surface area contributed by atoms with Crippen molar-refractivity contribution in [3.05, 3.63) is 48.2 Å². The third-order valence-electron chi connectivity index (χ3n) is 4.09. The van der Waals surface area contributed by atoms with Crippen LogP contribution in [-0.2, 0) is 19.6 Å². The first-order valence-electron chi connectivity index (χ1n) is 8.36. The van der Waals surface area contributed by atoms with Gasteiger partial charge < -0.3 is 14.2 Å². The lowest BCUT2D eigenvalue weighted by atomic mass is 10.2. The molecule has 3 rings (SSSR count). The normalized spacial score (nSPS) is 11.6. The largest absolute Gasteiger partial charge is 0.493 e. The maximum Gasteiger partial charge on any atom is 0.330 e. The van der Waals surface area contributed by atoms with E-state index in [9.17, 15) is 13.2 Å². The number of ether oxygens (including phenoxy) is 3. The van der Waals surface area contributed by atoms with E-state index in [2.05, 4.69) is 19.7 Å². The summed E-state index contributed by atoms with van der Waals surface area (Å²) in [5.41, 5.74) is 1.29. The number of rotatable bonds is 7. The van der Waals surface area contributed by atoms with Gasteiger partial charge in [0.2, 0.25) is 0 Å². The van der Waals surface area contributed by atoms with Crippen molar-refractivity contribution in [1.82, 2.24) is 10.2 Å². The summed E-state index contributed by atoms with van der Waals surface area (Å²) in [7, 11) is -0.0969. The summed E-state index contributed by atoms with van der Waals surface area (Å²) in [5, 5.41) is 7.45. The fourth-order valence-electron chi connectivity index (χ4n) is 2.73. The fraction of sp³-hybridized carbons (Fsp3) is 0.158. The third kappa shape index (κ3) is 4.16. The second-order valence-electron chi connectivity index (χ2n) is 5.86. The lowest BCUT2D eigenvalue weighted by Crippen LogP contribution is -2.15. The van der Waals surface area contributed by atoms with Gasteiger partial charge in [-0.15, -0.1) is 0 Å². The van der Waals surface area contributed by atoms with E-state index < -0.39 is 16.0 Å². The van der Waals surface area contributed by atoms with Crippen LogP contribution in [0, 0.1) is 0 Å². The van der Waals surface area contributed by atoms with Crippen LogP contribution in [0.1, 0.15) is 5.56 Å². The second-order valence-corrected chi connectivity index (χ2v) is 7.51. The summed E-state index contributed by atoms with van der Waals surface area (Å²) < 4.78 is 44.0. The first-order chi connectivity index (χ1) is 13.9. The molecule has 0 radical (unpaired) electrons. The van der Waals surface area contributed by atoms with Gasteiger partial charge in [0, 0.05) is 11.5 Å². The topological polar surface area (TPSA) is 120 Å². The summed E-state index contributed by atoms with van der Waals surface area (Å²) in [4.78, 5) is 11.2. The SMILES string of the molecule is COC(=O)/C=C/c1cc(OC)c(OC)c(S(=O)(=O)Nc2cccc3cn[nH]c23)c1. The van der Waals surface area contributed by atoms with Gasteiger partial charge in [-0.05, 0) is 29.8 Å². The van der Waals surface area contributed by atoms with Crippen LogP contribution in [0.3, 0.4) is 0 Å². The molecule has 0 aliphatic carbocycles. The number of carbonyl (C=O) groups excluding carboxylic acids is 1. The van der Waals surface area contributed by atoms with E-state index in [0.717, 1.165) is 5.39 Å². The number of aromatic nitrogens is 2. The zero-order valence-electron chi connectivity index (χ0n) is 15.9. The maximum absolute atomic E-state index is 13.2. The van der Waals surface area contributed by atoms with E-state index >= 15 is 0 Å². The number of benzene rings is 2. The van der Waals surface area contributed by atoms with Crippen molar-refractivity contribution in [2.45, 2.75) is 4.90 Å². The van der Waals surface area contributed by atoms with E-state index in [-0.39, 0.29) is 16.4 Å². The standard InChI is InChI=1S/C19H19N3O6S/c1-26-15-9-12(7-8-17(23)27-2)10-16(19(15)28-3)29(24,25)22-14-6-4-5-13-11-20-21-18(13)14/h4-11,22H,1-3H3,(H,20,21)/b8-7+. The van der Waals surface area contributed by atoms with Gasteiger partial charge in [-0.2, -0.15) is 5.10 Å². The molecule has 3 aromatic rings. The Morgan fingerprint density at radius 3 is 2.66 bits per heavy atom. The molecule has 0 saturated carbocycles. The van der Waals surface area contributed by atoms with Crippen molar-refractivity contribution in [1.29, 1.82) is 0 Å². The van der Waals surface area contributed by atoms with Crippen LogP contribution in [0.4, 0.5) is 5.69 Å². The zero-order chi connectivity index (χ0) is 21.0. The minimum Gasteiger partial charge on any atom is -0.493 e. The molecule has 0 spiro atoms. The molecule has 0 amide bonds. The minimum absolute atomic E-state index is 0.0343. The van der Waals surface area contributed by atoms with Crippen LogP contribution >= 0.6 is 0 Å². The lowest BCUT2D eigenvalue weighted by Gasteiger charge is -2.15. The van der Waals surface area contributed by atoms with E-state index in [1.807, 2.05) is 0 Å². The molecule has 0 fully saturated rings. The molecule has 152 valence electrons. The zero-order valence-corrected chi connectivity index (χ0v) is 16.7. The number of anilines is 1. The minimum atomic E-state index is -4.08. The number of aromatic amines is 1. The van der Waals surface area contributed by atoms with Gasteiger partial charge in [0.25, 0.3) is 10.0 Å². The molecule has 29 heavy (non-hydrogen) atoms. The van der Waals surface area contributed by atoms with E-state index in [0.29, 0.717) is 16.8 Å². The first-order valence-corrected chi connectivity index (χ1v) is 9.85. The Kier molecular flexibility index (Phi) is 5.74. The molecule has 2 N–H and O–H groups in total. The van der Waals surface area contributed by atoms with Crippen molar-refractivity contribution in [3.63, 3.8) is 0 Å². The second kappa shape index (κ2) is 8.23. The number of para-hydroxylation sites is 1. The summed E-state index contributed by atoms with van der Waals surface area (Å²) in [5.74, 6) is -0.347. The average molecular weight is 417 g/mol. The van der Waals surface area contributed by atoms with Gasteiger partial charge in [-0.3, -0.25) is 9.82 Å². The Bertz CT molecular complexity index is 1180. The average Bonchev–Trinajstić information content (AvgIpc) is 3.20. The Labute approximate surface area is 167 Å². The molecular weight excluding hydrogens is 398 g/mol. The van der Waals surface area contributed by atoms with Crippen molar-refractivity contribution in [3.8, 4) is 11.5 Å². The predicted molar refractivity (Wildman–Crippen MR) is 107 cm³/mol. The highest BCUT2D eigenvalue weighted by molar-refractivity contribution is 7.92. The summed E-state index contributed by atoms with van der Waals surface area (Å²) in [6.45, 7) is 0. The van der Waals surface area contributed by atoms with Crippen LogP contribution in [0.2, 0.25) is 0 Å². The van der Waals surface area contributed by atoms with Crippen molar-refractivity contribution >= 4 is 38.7 Å². The number of nitrogens with one attached hydrogen (secondary N) is 2. The number of methoxy groups -OCH3 is 3. The van der Waals surface area contributed by atoms with E-state index in [4.69, 9.17) is 9.47 Å². The molecule has 0 saturated heterocycles. The molecule has 1 aromatic heterocycles. The molecule has 9 nitrogen and oxygen atoms in total. The van der Waals surface area contributed by atoms with Crippen molar-refractivity contribution in [2.24, 2.45) is 0 Å². The molecule has 0 aliphatic rings. The first kappa shape index (κ1) is 20.2. The van der Waals surface area contributed by atoms with Gasteiger partial charge in [-0.25, -0.2) is 13.2 Å². The Morgan fingerprint density at radius 1 is 1.17 bits per heavy atom. The Morgan fingerprint density at radius 2 is 1.97 bits per heavy atom. The highest BCUT2D eigenvalue weighted by atomic mass is 32.2. The number of nitrogens with zero attached hydrogens (tertiary/aromatic N) is 1. The molecule has 2 aromatic carbocycles. The number of hydrogen-bond acceptors (Lipinski definition) is 7. The molecule has 10 heteroatoms. The van der Waals surface area contributed by atoms with Crippen LogP contribution < -0.4 is 14.2 Å². The Balaban J connectivity index is 2.10. The van der Waals surface area contributed by atoms with Crippen LogP contribution in [-0.4, -0.2) is 45.9 Å². The van der Waals surface area contributed by atoms with Gasteiger partial charge in [0.1, 0.15) is 4.90 Å². The number of fused-ring (bicyclic) bond motifs is 1. The van der Waals surface area contributed by atoms with Gasteiger partial charge in [0.15, 0.2) is 11.5 Å². The number of esters is 1. The smallest absolute Gasteiger partial charge is 0.330 e. The van der Waals surface area contributed by atoms with Crippen LogP contribution in [0.5, 0.6) is 11.5 Å². The number of sulfonamides is 1. The third-order valence-corrected chi connectivity index (χ3v) is 5.46. The van der Waals surface area contributed by atoms with Gasteiger partial charge in [-0.1, -0.05) is 12.1 Å². The summed E-state index contributed by atoms with van der Waals surface area (Å²) in [6.07, 6.45) is 4.19. The quantitative estimate of drug-likeness (QED) is 0.448. The monoisotopic (exact) mass is 417 g/mol. The number of hydrogen-bond donors (Lipinski definition) is 2. The van der Waals surface area contributed by atoms with Gasteiger partial charge >= 0.3 is 5.97 Å². The lowest BCUT2D eigenvalue weighted by molar-refractivity contribution is -0.134. The fourth-order valence-corrected chi connectivity index (χ4v) is 4.02.